The molecule has 0 radical (unpaired) electrons. The van der Waals surface area contributed by atoms with Gasteiger partial charge in [-0.1, -0.05) is 12.1 Å². The van der Waals surface area contributed by atoms with Gasteiger partial charge in [0.1, 0.15) is 5.69 Å². The Balaban J connectivity index is 2.11. The Morgan fingerprint density at radius 3 is 2.30 bits per heavy atom. The van der Waals surface area contributed by atoms with Crippen LogP contribution < -0.4 is 5.32 Å². The van der Waals surface area contributed by atoms with Crippen LogP contribution in [-0.2, 0) is 21.3 Å². The highest BCUT2D eigenvalue weighted by atomic mass is 32.2. The zero-order valence-electron chi connectivity index (χ0n) is 18.2. The maximum absolute atomic E-state index is 12.6. The van der Waals surface area contributed by atoms with Crippen LogP contribution in [0, 0.1) is 13.8 Å². The molecule has 0 saturated heterocycles. The van der Waals surface area contributed by atoms with E-state index in [1.807, 2.05) is 0 Å². The molecule has 0 unspecified atom stereocenters. The molecule has 2 N–H and O–H groups in total. The molecule has 2 aromatic rings. The number of carbonyl (C=O) groups is 2. The standard InChI is InChI=1S/C21H29N3O5S/c1-7-29-21(26)18-14(4)19(23-15(18)5)20(25)22-12-16-8-10-17(11-9-16)30(27,28)24(6)13(2)3/h8-11,13,23H,7,12H2,1-6H3,(H,22,25). The van der Waals surface area contributed by atoms with Crippen LogP contribution in [0.5, 0.6) is 0 Å². The number of benzene rings is 1. The Hall–Kier alpha value is -2.65. The number of rotatable bonds is 8. The minimum Gasteiger partial charge on any atom is -0.462 e. The molecule has 8 nitrogen and oxygen atoms in total. The molecule has 2 rings (SSSR count). The summed E-state index contributed by atoms with van der Waals surface area (Å²) in [6.07, 6.45) is 0. The molecular formula is C21H29N3O5S. The number of hydrogen-bond donors (Lipinski definition) is 2. The quantitative estimate of drug-likeness (QED) is 0.620. The van der Waals surface area contributed by atoms with Gasteiger partial charge in [0.2, 0.25) is 10.0 Å². The van der Waals surface area contributed by atoms with E-state index in [0.29, 0.717) is 22.5 Å². The van der Waals surface area contributed by atoms with E-state index in [4.69, 9.17) is 4.74 Å². The van der Waals surface area contributed by atoms with Crippen LogP contribution in [-0.4, -0.2) is 49.3 Å². The number of sulfonamides is 1. The minimum atomic E-state index is -3.55. The molecule has 0 aliphatic carbocycles. The van der Waals surface area contributed by atoms with Crippen molar-refractivity contribution in [2.24, 2.45) is 0 Å². The summed E-state index contributed by atoms with van der Waals surface area (Å²) in [5.41, 5.74) is 2.52. The highest BCUT2D eigenvalue weighted by molar-refractivity contribution is 7.89. The summed E-state index contributed by atoms with van der Waals surface area (Å²) in [5, 5.41) is 2.78. The topological polar surface area (TPSA) is 109 Å². The lowest BCUT2D eigenvalue weighted by atomic mass is 10.1. The smallest absolute Gasteiger partial charge is 0.340 e. The van der Waals surface area contributed by atoms with Crippen molar-refractivity contribution in [2.75, 3.05) is 13.7 Å². The van der Waals surface area contributed by atoms with Gasteiger partial charge in [-0.25, -0.2) is 13.2 Å². The molecule has 30 heavy (non-hydrogen) atoms. The molecule has 1 heterocycles. The predicted octanol–water partition coefficient (Wildman–Crippen LogP) is 2.77. The van der Waals surface area contributed by atoms with Gasteiger partial charge in [-0.2, -0.15) is 4.31 Å². The average molecular weight is 436 g/mol. The van der Waals surface area contributed by atoms with Gasteiger partial charge in [-0.3, -0.25) is 4.79 Å². The molecule has 1 aromatic carbocycles. The second kappa shape index (κ2) is 9.44. The third-order valence-electron chi connectivity index (χ3n) is 4.92. The molecule has 1 amide bonds. The van der Waals surface area contributed by atoms with Crippen molar-refractivity contribution in [3.63, 3.8) is 0 Å². The fraction of sp³-hybridized carbons (Fsp3) is 0.429. The number of aromatic nitrogens is 1. The molecule has 0 saturated carbocycles. The maximum Gasteiger partial charge on any atom is 0.340 e. The summed E-state index contributed by atoms with van der Waals surface area (Å²) in [6.45, 7) is 9.20. The summed E-state index contributed by atoms with van der Waals surface area (Å²) in [6, 6.07) is 6.23. The van der Waals surface area contributed by atoms with Crippen LogP contribution in [0.4, 0.5) is 0 Å². The van der Waals surface area contributed by atoms with Gasteiger partial charge in [0.25, 0.3) is 5.91 Å². The van der Waals surface area contributed by atoms with Gasteiger partial charge in [0.15, 0.2) is 0 Å². The van der Waals surface area contributed by atoms with Gasteiger partial charge in [0, 0.05) is 25.3 Å². The van der Waals surface area contributed by atoms with Crippen LogP contribution in [0.15, 0.2) is 29.2 Å². The Bertz CT molecular complexity index is 1020. The van der Waals surface area contributed by atoms with E-state index in [2.05, 4.69) is 10.3 Å². The van der Waals surface area contributed by atoms with E-state index in [0.717, 1.165) is 5.56 Å². The molecule has 0 aliphatic heterocycles. The third-order valence-corrected chi connectivity index (χ3v) is 6.97. The zero-order valence-corrected chi connectivity index (χ0v) is 19.0. The van der Waals surface area contributed by atoms with Crippen LogP contribution in [0.3, 0.4) is 0 Å². The predicted molar refractivity (Wildman–Crippen MR) is 114 cm³/mol. The maximum atomic E-state index is 12.6. The average Bonchev–Trinajstić information content (AvgIpc) is 3.00. The molecule has 164 valence electrons. The van der Waals surface area contributed by atoms with E-state index < -0.39 is 16.0 Å². The minimum absolute atomic E-state index is 0.152. The number of ether oxygens (including phenoxy) is 1. The molecule has 0 atom stereocenters. The summed E-state index contributed by atoms with van der Waals surface area (Å²) in [4.78, 5) is 27.8. The summed E-state index contributed by atoms with van der Waals surface area (Å²) >= 11 is 0. The summed E-state index contributed by atoms with van der Waals surface area (Å²) in [7, 11) is -2.01. The van der Waals surface area contributed by atoms with E-state index in [1.54, 1.807) is 53.8 Å². The fourth-order valence-electron chi connectivity index (χ4n) is 2.98. The number of amides is 1. The van der Waals surface area contributed by atoms with E-state index in [-0.39, 0.29) is 30.0 Å². The highest BCUT2D eigenvalue weighted by Gasteiger charge is 2.24. The van der Waals surface area contributed by atoms with Crippen molar-refractivity contribution in [1.82, 2.24) is 14.6 Å². The summed E-state index contributed by atoms with van der Waals surface area (Å²) in [5.74, 6) is -0.826. The van der Waals surface area contributed by atoms with E-state index >= 15 is 0 Å². The van der Waals surface area contributed by atoms with Crippen molar-refractivity contribution >= 4 is 21.9 Å². The number of aryl methyl sites for hydroxylation is 1. The molecule has 9 heteroatoms. The number of nitrogens with one attached hydrogen (secondary N) is 2. The van der Waals surface area contributed by atoms with Crippen molar-refractivity contribution in [3.05, 3.63) is 52.3 Å². The van der Waals surface area contributed by atoms with Crippen molar-refractivity contribution < 1.29 is 22.7 Å². The Morgan fingerprint density at radius 2 is 1.77 bits per heavy atom. The molecular weight excluding hydrogens is 406 g/mol. The first-order chi connectivity index (χ1) is 14.0. The first-order valence-corrected chi connectivity index (χ1v) is 11.2. The van der Waals surface area contributed by atoms with Gasteiger partial charge >= 0.3 is 5.97 Å². The van der Waals surface area contributed by atoms with E-state index in [9.17, 15) is 18.0 Å². The second-order valence-electron chi connectivity index (χ2n) is 7.29. The number of carbonyl (C=O) groups excluding carboxylic acids is 2. The SMILES string of the molecule is CCOC(=O)c1c(C)[nH]c(C(=O)NCc2ccc(S(=O)(=O)N(C)C(C)C)cc2)c1C. The summed E-state index contributed by atoms with van der Waals surface area (Å²) < 4.78 is 31.4. The van der Waals surface area contributed by atoms with Crippen LogP contribution in [0.1, 0.15) is 58.4 Å². The van der Waals surface area contributed by atoms with Crippen molar-refractivity contribution in [1.29, 1.82) is 0 Å². The highest BCUT2D eigenvalue weighted by Crippen LogP contribution is 2.20. The van der Waals surface area contributed by atoms with Crippen LogP contribution in [0.25, 0.3) is 0 Å². The van der Waals surface area contributed by atoms with Crippen LogP contribution >= 0.6 is 0 Å². The van der Waals surface area contributed by atoms with Crippen LogP contribution in [0.2, 0.25) is 0 Å². The van der Waals surface area contributed by atoms with Gasteiger partial charge in [-0.15, -0.1) is 0 Å². The lowest BCUT2D eigenvalue weighted by Crippen LogP contribution is -2.33. The van der Waals surface area contributed by atoms with Crippen molar-refractivity contribution in [2.45, 2.75) is 52.1 Å². The molecule has 0 spiro atoms. The lowest BCUT2D eigenvalue weighted by molar-refractivity contribution is 0.0525. The van der Waals surface area contributed by atoms with Gasteiger partial charge in [0.05, 0.1) is 17.1 Å². The normalized spacial score (nSPS) is 11.7. The number of nitrogens with zero attached hydrogens (tertiary/aromatic N) is 1. The monoisotopic (exact) mass is 435 g/mol. The first-order valence-electron chi connectivity index (χ1n) is 9.72. The Labute approximate surface area is 177 Å². The van der Waals surface area contributed by atoms with Gasteiger partial charge < -0.3 is 15.0 Å². The Morgan fingerprint density at radius 1 is 1.17 bits per heavy atom. The molecule has 0 bridgehead atoms. The number of esters is 1. The number of aromatic amines is 1. The third kappa shape index (κ3) is 4.91. The zero-order chi connectivity index (χ0) is 22.6. The van der Waals surface area contributed by atoms with Gasteiger partial charge in [-0.05, 0) is 57.9 Å². The molecule has 0 aliphatic rings. The lowest BCUT2D eigenvalue weighted by Gasteiger charge is -2.21. The fourth-order valence-corrected chi connectivity index (χ4v) is 4.35. The number of hydrogen-bond acceptors (Lipinski definition) is 5. The molecule has 0 fully saturated rings. The second-order valence-corrected chi connectivity index (χ2v) is 9.28. The molecule has 1 aromatic heterocycles. The first kappa shape index (κ1) is 23.6. The Kier molecular flexibility index (Phi) is 7.44. The largest absolute Gasteiger partial charge is 0.462 e. The van der Waals surface area contributed by atoms with Crippen molar-refractivity contribution in [3.8, 4) is 0 Å². The number of H-pyrrole nitrogens is 1. The van der Waals surface area contributed by atoms with E-state index in [1.165, 1.54) is 16.4 Å².